The van der Waals surface area contributed by atoms with Crippen molar-refractivity contribution < 1.29 is 18.0 Å². The Morgan fingerprint density at radius 2 is 1.73 bits per heavy atom. The number of rotatable bonds is 5. The molecule has 2 saturated carbocycles. The SMILES string of the molecule is CC(=O)C1(NP(Cl)(=C2CC2)N(C)c2ccc(C(F)(F)F)cc2)CCCC1. The maximum atomic E-state index is 12.8. The van der Waals surface area contributed by atoms with E-state index in [0.29, 0.717) is 5.69 Å². The fourth-order valence-electron chi connectivity index (χ4n) is 3.55. The van der Waals surface area contributed by atoms with Crippen LogP contribution in [0.3, 0.4) is 0 Å². The molecule has 0 aliphatic heterocycles. The molecule has 2 aliphatic rings. The van der Waals surface area contributed by atoms with Gasteiger partial charge in [-0.25, -0.2) is 0 Å². The van der Waals surface area contributed by atoms with Crippen LogP contribution in [0.4, 0.5) is 18.9 Å². The molecule has 3 nitrogen and oxygen atoms in total. The molecule has 0 aromatic heterocycles. The second-order valence-corrected chi connectivity index (χ2v) is 11.2. The molecular weight excluding hydrogens is 384 g/mol. The van der Waals surface area contributed by atoms with Gasteiger partial charge in [0.15, 0.2) is 0 Å². The first-order valence-corrected chi connectivity index (χ1v) is 11.4. The number of Topliss-reactive ketones (excluding diaryl/α,β-unsaturated/α-hetero) is 1. The number of benzene rings is 1. The maximum Gasteiger partial charge on any atom is 0.416 e. The lowest BCUT2D eigenvalue weighted by Gasteiger charge is -2.40. The summed E-state index contributed by atoms with van der Waals surface area (Å²) < 4.78 is 40.3. The molecular formula is C18H23ClF3N2OP. The lowest BCUT2D eigenvalue weighted by Crippen LogP contribution is -2.48. The van der Waals surface area contributed by atoms with Crippen LogP contribution in [0.15, 0.2) is 24.3 Å². The number of carbonyl (C=O) groups is 1. The van der Waals surface area contributed by atoms with Crippen LogP contribution in [-0.4, -0.2) is 23.7 Å². The minimum Gasteiger partial charge on any atom is -0.332 e. The highest BCUT2D eigenvalue weighted by atomic mass is 35.7. The fraction of sp³-hybridized carbons (Fsp3) is 0.556. The zero-order valence-electron chi connectivity index (χ0n) is 14.9. The number of halogens is 4. The molecule has 26 heavy (non-hydrogen) atoms. The third-order valence-electron chi connectivity index (χ3n) is 5.37. The molecule has 8 heteroatoms. The molecule has 0 amide bonds. The highest BCUT2D eigenvalue weighted by molar-refractivity contribution is 7.98. The van der Waals surface area contributed by atoms with E-state index >= 15 is 0 Å². The number of ketones is 1. The van der Waals surface area contributed by atoms with E-state index in [4.69, 9.17) is 11.2 Å². The Morgan fingerprint density at radius 3 is 2.15 bits per heavy atom. The van der Waals surface area contributed by atoms with Crippen molar-refractivity contribution in [1.29, 1.82) is 0 Å². The zero-order chi connectivity index (χ0) is 19.2. The van der Waals surface area contributed by atoms with Gasteiger partial charge in [-0.3, -0.25) is 9.88 Å². The van der Waals surface area contributed by atoms with Gasteiger partial charge in [0.25, 0.3) is 0 Å². The van der Waals surface area contributed by atoms with Crippen molar-refractivity contribution in [1.82, 2.24) is 5.09 Å². The quantitative estimate of drug-likeness (QED) is 0.646. The Morgan fingerprint density at radius 1 is 1.19 bits per heavy atom. The monoisotopic (exact) mass is 406 g/mol. The Balaban J connectivity index is 1.93. The summed E-state index contributed by atoms with van der Waals surface area (Å²) >= 11 is 7.08. The van der Waals surface area contributed by atoms with Crippen molar-refractivity contribution >= 4 is 34.5 Å². The molecule has 0 saturated heterocycles. The summed E-state index contributed by atoms with van der Waals surface area (Å²) in [5, 5.41) is 4.67. The Bertz CT molecular complexity index is 749. The van der Waals surface area contributed by atoms with Crippen molar-refractivity contribution in [2.45, 2.75) is 57.2 Å². The summed E-state index contributed by atoms with van der Waals surface area (Å²) in [5.41, 5.74) is -0.688. The van der Waals surface area contributed by atoms with Crippen LogP contribution in [0, 0.1) is 0 Å². The Hall–Kier alpha value is -0.970. The summed E-state index contributed by atoms with van der Waals surface area (Å²) in [6.45, 7) is -0.905. The van der Waals surface area contributed by atoms with Crippen LogP contribution in [0.5, 0.6) is 0 Å². The summed E-state index contributed by atoms with van der Waals surface area (Å²) in [5.74, 6) is 0.0853. The third kappa shape index (κ3) is 3.69. The van der Waals surface area contributed by atoms with Gasteiger partial charge >= 0.3 is 6.18 Å². The van der Waals surface area contributed by atoms with E-state index in [0.717, 1.165) is 56.0 Å². The second-order valence-electron chi connectivity index (χ2n) is 7.15. The molecule has 0 bridgehead atoms. The standard InChI is InChI=1S/C18H23ClF3N2OP/c1-13(25)17(11-3-4-12-17)23-26(19,16-9-10-16)24(2)15-7-5-14(6-8-15)18(20,21)22/h5-8,23H,3-4,9-12H2,1-2H3. The summed E-state index contributed by atoms with van der Waals surface area (Å²) in [6, 6.07) is 5.03. The molecule has 1 unspecified atom stereocenters. The lowest BCUT2D eigenvalue weighted by atomic mass is 9.95. The van der Waals surface area contributed by atoms with E-state index in [2.05, 4.69) is 5.09 Å². The minimum absolute atomic E-state index is 0.0853. The number of hydrogen-bond donors (Lipinski definition) is 1. The van der Waals surface area contributed by atoms with E-state index in [1.807, 2.05) is 4.67 Å². The van der Waals surface area contributed by atoms with E-state index in [9.17, 15) is 18.0 Å². The van der Waals surface area contributed by atoms with Gasteiger partial charge in [0.2, 0.25) is 0 Å². The molecule has 1 aromatic rings. The van der Waals surface area contributed by atoms with Crippen LogP contribution in [-0.2, 0) is 11.0 Å². The van der Waals surface area contributed by atoms with E-state index in [1.54, 1.807) is 14.0 Å². The molecule has 3 rings (SSSR count). The summed E-state index contributed by atoms with van der Waals surface area (Å²) in [4.78, 5) is 12.3. The number of nitrogens with zero attached hydrogens (tertiary/aromatic N) is 1. The van der Waals surface area contributed by atoms with Gasteiger partial charge in [-0.1, -0.05) is 24.1 Å². The van der Waals surface area contributed by atoms with Gasteiger partial charge < -0.3 is 4.67 Å². The van der Waals surface area contributed by atoms with Crippen LogP contribution in [0.1, 0.15) is 51.0 Å². The average molecular weight is 407 g/mol. The van der Waals surface area contributed by atoms with Gasteiger partial charge in [-0.15, -0.1) is 0 Å². The number of alkyl halides is 3. The van der Waals surface area contributed by atoms with Crippen molar-refractivity contribution in [3.63, 3.8) is 0 Å². The molecule has 0 radical (unpaired) electrons. The molecule has 1 atom stereocenters. The molecule has 0 spiro atoms. The largest absolute Gasteiger partial charge is 0.416 e. The van der Waals surface area contributed by atoms with Gasteiger partial charge in [-0.05, 0) is 62.2 Å². The molecule has 1 aromatic carbocycles. The molecule has 0 heterocycles. The Labute approximate surface area is 156 Å². The zero-order valence-corrected chi connectivity index (χ0v) is 16.5. The highest BCUT2D eigenvalue weighted by Gasteiger charge is 2.45. The lowest BCUT2D eigenvalue weighted by molar-refractivity contribution is -0.137. The van der Waals surface area contributed by atoms with Gasteiger partial charge in [0, 0.05) is 12.7 Å². The first-order valence-electron chi connectivity index (χ1n) is 8.74. The normalized spacial score (nSPS) is 21.4. The predicted molar refractivity (Wildman–Crippen MR) is 102 cm³/mol. The van der Waals surface area contributed by atoms with Crippen LogP contribution in [0.25, 0.3) is 0 Å². The summed E-state index contributed by atoms with van der Waals surface area (Å²) in [7, 11) is 1.80. The van der Waals surface area contributed by atoms with Crippen molar-refractivity contribution in [2.24, 2.45) is 0 Å². The topological polar surface area (TPSA) is 32.3 Å². The number of anilines is 1. The first-order chi connectivity index (χ1) is 12.1. The van der Waals surface area contributed by atoms with E-state index in [1.165, 1.54) is 12.1 Å². The van der Waals surface area contributed by atoms with Crippen LogP contribution >= 0.6 is 17.8 Å². The Kier molecular flexibility index (Phi) is 5.24. The molecule has 2 fully saturated rings. The third-order valence-corrected chi connectivity index (χ3v) is 10.1. The number of nitrogens with one attached hydrogen (secondary N) is 1. The van der Waals surface area contributed by atoms with Crippen LogP contribution < -0.4 is 9.76 Å². The smallest absolute Gasteiger partial charge is 0.332 e. The van der Waals surface area contributed by atoms with E-state index in [-0.39, 0.29) is 5.78 Å². The van der Waals surface area contributed by atoms with Crippen molar-refractivity contribution in [2.75, 3.05) is 11.7 Å². The average Bonchev–Trinajstić information content (AvgIpc) is 3.34. The first kappa shape index (κ1) is 19.8. The number of carbonyl (C=O) groups excluding carboxylic acids is 1. The van der Waals surface area contributed by atoms with Crippen LogP contribution in [0.2, 0.25) is 0 Å². The van der Waals surface area contributed by atoms with Gasteiger partial charge in [0.05, 0.1) is 11.1 Å². The van der Waals surface area contributed by atoms with E-state index < -0.39 is 23.8 Å². The fourth-order valence-corrected chi connectivity index (χ4v) is 7.64. The number of hydrogen-bond acceptors (Lipinski definition) is 3. The molecule has 144 valence electrons. The molecule has 1 N–H and O–H groups in total. The highest BCUT2D eigenvalue weighted by Crippen LogP contribution is 2.62. The summed E-state index contributed by atoms with van der Waals surface area (Å²) in [6.07, 6.45) is 0.879. The minimum atomic E-state index is -4.36. The molecule has 2 aliphatic carbocycles. The van der Waals surface area contributed by atoms with Gasteiger partial charge in [-0.2, -0.15) is 13.2 Å². The van der Waals surface area contributed by atoms with Crippen molar-refractivity contribution in [3.8, 4) is 0 Å². The maximum absolute atomic E-state index is 12.8. The second kappa shape index (κ2) is 6.88. The van der Waals surface area contributed by atoms with Crippen molar-refractivity contribution in [3.05, 3.63) is 29.8 Å². The predicted octanol–water partition coefficient (Wildman–Crippen LogP) is 5.60. The van der Waals surface area contributed by atoms with Gasteiger partial charge in [0.1, 0.15) is 12.3 Å².